The molecule has 2 aromatic rings. The molecule has 0 saturated carbocycles. The van der Waals surface area contributed by atoms with Crippen LogP contribution >= 0.6 is 0 Å². The summed E-state index contributed by atoms with van der Waals surface area (Å²) in [6.07, 6.45) is 2.59. The van der Waals surface area contributed by atoms with Gasteiger partial charge < -0.3 is 32.0 Å². The fourth-order valence-corrected chi connectivity index (χ4v) is 3.47. The molecule has 32 heavy (non-hydrogen) atoms. The van der Waals surface area contributed by atoms with Crippen molar-refractivity contribution in [2.75, 3.05) is 32.4 Å². The number of nitrogens with two attached hydrogens (primary N) is 3. The van der Waals surface area contributed by atoms with Gasteiger partial charge in [-0.1, -0.05) is 13.8 Å². The number of nitrogens with one attached hydrogen (secondary N) is 2. The molecule has 12 nitrogen and oxygen atoms in total. The SMILES string of the molecule is CNCCN(C(=O)Cn1ccc2c(=O)[nH]c(N)nc21)C(CCCN=C(N)N)C(=O)C(C)C. The topological polar surface area (TPSA) is 191 Å². The summed E-state index contributed by atoms with van der Waals surface area (Å²) in [5.41, 5.74) is 16.4. The van der Waals surface area contributed by atoms with E-state index in [0.29, 0.717) is 43.5 Å². The number of nitrogens with zero attached hydrogens (tertiary/aromatic N) is 4. The molecule has 0 bridgehead atoms. The molecule has 0 aliphatic heterocycles. The molecule has 0 aliphatic carbocycles. The number of aliphatic imine (C=N–C) groups is 1. The number of guanidine groups is 1. The van der Waals surface area contributed by atoms with Gasteiger partial charge in [0.05, 0.1) is 11.4 Å². The number of carbonyl (C=O) groups excluding carboxylic acids is 2. The van der Waals surface area contributed by atoms with Gasteiger partial charge >= 0.3 is 0 Å². The van der Waals surface area contributed by atoms with E-state index in [9.17, 15) is 14.4 Å². The van der Waals surface area contributed by atoms with Gasteiger partial charge in [-0.15, -0.1) is 0 Å². The predicted octanol–water partition coefficient (Wildman–Crippen LogP) is -0.998. The minimum absolute atomic E-state index is 0.0129. The number of likely N-dealkylation sites (N-methyl/N-ethyl adjacent to an activating group) is 1. The van der Waals surface area contributed by atoms with Gasteiger partial charge in [0.2, 0.25) is 11.9 Å². The van der Waals surface area contributed by atoms with Crippen molar-refractivity contribution >= 4 is 34.6 Å². The summed E-state index contributed by atoms with van der Waals surface area (Å²) in [5, 5.41) is 3.35. The summed E-state index contributed by atoms with van der Waals surface area (Å²) in [6.45, 7) is 4.76. The molecule has 12 heteroatoms. The number of aromatic nitrogens is 3. The first-order valence-electron chi connectivity index (χ1n) is 10.5. The number of hydrogen-bond donors (Lipinski definition) is 5. The zero-order valence-corrected chi connectivity index (χ0v) is 18.8. The van der Waals surface area contributed by atoms with E-state index in [1.807, 2.05) is 13.8 Å². The molecule has 0 saturated heterocycles. The molecule has 8 N–H and O–H groups in total. The highest BCUT2D eigenvalue weighted by molar-refractivity contribution is 5.90. The lowest BCUT2D eigenvalue weighted by Gasteiger charge is -2.32. The van der Waals surface area contributed by atoms with Crippen LogP contribution in [0.1, 0.15) is 26.7 Å². The quantitative estimate of drug-likeness (QED) is 0.155. The molecular formula is C20H33N9O3. The van der Waals surface area contributed by atoms with Crippen molar-refractivity contribution in [3.05, 3.63) is 22.6 Å². The molecule has 0 spiro atoms. The van der Waals surface area contributed by atoms with E-state index in [1.54, 1.807) is 28.8 Å². The van der Waals surface area contributed by atoms with E-state index in [-0.39, 0.29) is 41.6 Å². The molecule has 1 unspecified atom stereocenters. The Hall–Kier alpha value is -3.41. The Balaban J connectivity index is 2.31. The lowest BCUT2D eigenvalue weighted by Crippen LogP contribution is -2.50. The van der Waals surface area contributed by atoms with Gasteiger partial charge in [0.1, 0.15) is 12.2 Å². The average molecular weight is 448 g/mol. The van der Waals surface area contributed by atoms with Crippen LogP contribution in [0.4, 0.5) is 5.95 Å². The van der Waals surface area contributed by atoms with Gasteiger partial charge in [-0.05, 0) is 26.0 Å². The van der Waals surface area contributed by atoms with Crippen molar-refractivity contribution in [2.45, 2.75) is 39.3 Å². The second-order valence-electron chi connectivity index (χ2n) is 7.84. The van der Waals surface area contributed by atoms with E-state index >= 15 is 0 Å². The molecule has 0 aliphatic rings. The highest BCUT2D eigenvalue weighted by atomic mass is 16.2. The minimum Gasteiger partial charge on any atom is -0.370 e. The number of nitrogen functional groups attached to an aromatic ring is 1. The molecule has 2 aromatic heterocycles. The van der Waals surface area contributed by atoms with Gasteiger partial charge in [-0.25, -0.2) is 0 Å². The van der Waals surface area contributed by atoms with Crippen LogP contribution in [0.3, 0.4) is 0 Å². The van der Waals surface area contributed by atoms with Crippen molar-refractivity contribution in [2.24, 2.45) is 22.4 Å². The first kappa shape index (κ1) is 24.9. The fraction of sp³-hybridized carbons (Fsp3) is 0.550. The summed E-state index contributed by atoms with van der Waals surface area (Å²) in [6, 6.07) is 0.964. The van der Waals surface area contributed by atoms with Gasteiger partial charge in [-0.2, -0.15) is 4.98 Å². The van der Waals surface area contributed by atoms with Crippen molar-refractivity contribution in [1.29, 1.82) is 0 Å². The Labute approximate surface area is 186 Å². The Morgan fingerprint density at radius 1 is 1.34 bits per heavy atom. The molecule has 0 radical (unpaired) electrons. The van der Waals surface area contributed by atoms with Crippen LogP contribution in [-0.4, -0.2) is 69.8 Å². The van der Waals surface area contributed by atoms with Gasteiger partial charge in [-0.3, -0.25) is 24.4 Å². The number of aromatic amines is 1. The monoisotopic (exact) mass is 447 g/mol. The van der Waals surface area contributed by atoms with Crippen LogP contribution in [0, 0.1) is 5.92 Å². The molecule has 1 amide bonds. The van der Waals surface area contributed by atoms with Crippen LogP contribution in [0.5, 0.6) is 0 Å². The smallest absolute Gasteiger partial charge is 0.261 e. The molecule has 176 valence electrons. The van der Waals surface area contributed by atoms with E-state index in [0.717, 1.165) is 0 Å². The van der Waals surface area contributed by atoms with Gasteiger partial charge in [0.25, 0.3) is 5.56 Å². The maximum absolute atomic E-state index is 13.4. The molecular weight excluding hydrogens is 414 g/mol. The Bertz CT molecular complexity index is 1020. The summed E-state index contributed by atoms with van der Waals surface area (Å²) < 4.78 is 1.56. The zero-order chi connectivity index (χ0) is 23.8. The fourth-order valence-electron chi connectivity index (χ4n) is 3.47. The lowest BCUT2D eigenvalue weighted by molar-refractivity contribution is -0.141. The van der Waals surface area contributed by atoms with Gasteiger partial charge in [0.15, 0.2) is 11.7 Å². The van der Waals surface area contributed by atoms with E-state index in [4.69, 9.17) is 17.2 Å². The molecule has 0 aromatic carbocycles. The first-order valence-corrected chi connectivity index (χ1v) is 10.5. The summed E-state index contributed by atoms with van der Waals surface area (Å²) >= 11 is 0. The number of anilines is 1. The number of hydrogen-bond acceptors (Lipinski definition) is 7. The molecule has 2 heterocycles. The number of amides is 1. The highest BCUT2D eigenvalue weighted by Crippen LogP contribution is 2.16. The predicted molar refractivity (Wildman–Crippen MR) is 124 cm³/mol. The summed E-state index contributed by atoms with van der Waals surface area (Å²) in [5.74, 6) is -0.592. The second-order valence-corrected chi connectivity index (χ2v) is 7.84. The minimum atomic E-state index is -0.617. The summed E-state index contributed by atoms with van der Waals surface area (Å²) in [7, 11) is 1.78. The third-order valence-electron chi connectivity index (χ3n) is 5.08. The summed E-state index contributed by atoms with van der Waals surface area (Å²) in [4.78, 5) is 50.6. The molecule has 2 rings (SSSR count). The van der Waals surface area contributed by atoms with Crippen molar-refractivity contribution < 1.29 is 9.59 Å². The number of H-pyrrole nitrogens is 1. The normalized spacial score (nSPS) is 12.1. The highest BCUT2D eigenvalue weighted by Gasteiger charge is 2.30. The van der Waals surface area contributed by atoms with Crippen LogP contribution < -0.4 is 28.1 Å². The third kappa shape index (κ3) is 6.30. The largest absolute Gasteiger partial charge is 0.370 e. The average Bonchev–Trinajstić information content (AvgIpc) is 3.11. The number of rotatable bonds is 12. The van der Waals surface area contributed by atoms with Crippen molar-refractivity contribution in [3.63, 3.8) is 0 Å². The van der Waals surface area contributed by atoms with Crippen molar-refractivity contribution in [3.8, 4) is 0 Å². The van der Waals surface area contributed by atoms with Crippen LogP contribution in [0.15, 0.2) is 22.1 Å². The van der Waals surface area contributed by atoms with E-state index in [1.165, 1.54) is 0 Å². The first-order chi connectivity index (χ1) is 15.1. The van der Waals surface area contributed by atoms with Crippen LogP contribution in [0.25, 0.3) is 11.0 Å². The maximum Gasteiger partial charge on any atom is 0.261 e. The zero-order valence-electron chi connectivity index (χ0n) is 18.8. The van der Waals surface area contributed by atoms with E-state index < -0.39 is 6.04 Å². The lowest BCUT2D eigenvalue weighted by atomic mass is 9.96. The molecule has 1 atom stereocenters. The van der Waals surface area contributed by atoms with Crippen LogP contribution in [0.2, 0.25) is 0 Å². The van der Waals surface area contributed by atoms with Crippen molar-refractivity contribution in [1.82, 2.24) is 24.8 Å². The molecule has 0 fully saturated rings. The third-order valence-corrected chi connectivity index (χ3v) is 5.08. The number of carbonyl (C=O) groups is 2. The number of Topliss-reactive ketones (excluding diaryl/α,β-unsaturated/α-hetero) is 1. The Morgan fingerprint density at radius 2 is 2.06 bits per heavy atom. The second kappa shape index (κ2) is 11.3. The Kier molecular flexibility index (Phi) is 8.76. The standard InChI is InChI=1S/C20H33N9O3/c1-12(2)16(31)14(5-4-7-25-19(21)22)29(10-8-24-3)15(30)11-28-9-6-13-17(28)26-20(23)27-18(13)32/h6,9,12,14,24H,4-5,7-8,10-11H2,1-3H3,(H4,21,22,25)(H3,23,26,27,32). The maximum atomic E-state index is 13.4. The van der Waals surface area contributed by atoms with E-state index in [2.05, 4.69) is 20.3 Å². The Morgan fingerprint density at radius 3 is 2.69 bits per heavy atom. The number of ketones is 1. The number of fused-ring (bicyclic) bond motifs is 1. The van der Waals surface area contributed by atoms with Gasteiger partial charge in [0, 0.05) is 31.7 Å². The van der Waals surface area contributed by atoms with Crippen LogP contribution in [-0.2, 0) is 16.1 Å².